The maximum Gasteiger partial charge on any atom is 0.331 e. The Labute approximate surface area is 116 Å². The molecule has 0 bridgehead atoms. The number of carboxylic acids is 1. The highest BCUT2D eigenvalue weighted by Crippen LogP contribution is 2.22. The summed E-state index contributed by atoms with van der Waals surface area (Å²) < 4.78 is 4.84. The van der Waals surface area contributed by atoms with E-state index >= 15 is 0 Å². The van der Waals surface area contributed by atoms with E-state index in [1.165, 1.54) is 6.08 Å². The molecule has 0 saturated carbocycles. The Kier molecular flexibility index (Phi) is 6.09. The molecule has 0 atom stereocenters. The lowest BCUT2D eigenvalue weighted by Gasteiger charge is -2.07. The number of allylic oxidation sites excluding steroid dienone is 1. The van der Waals surface area contributed by atoms with E-state index in [1.54, 1.807) is 31.2 Å². The van der Waals surface area contributed by atoms with Crippen LogP contribution in [-0.2, 0) is 14.3 Å². The molecular formula is C14H15ClO4. The van der Waals surface area contributed by atoms with Gasteiger partial charge in [0.15, 0.2) is 0 Å². The standard InChI is InChI=1S/C14H15ClO4/c1-2-19-14(18)9-11(5-8-13(16)17)10-3-6-12(15)7-4-10/h3-4,6-7,9H,2,5,8H2,1H3,(H,16,17)/b11-9-. The number of carboxylic acid groups (broad SMARTS) is 1. The number of rotatable bonds is 6. The minimum atomic E-state index is -0.913. The second-order valence-corrected chi connectivity index (χ2v) is 4.26. The highest BCUT2D eigenvalue weighted by atomic mass is 35.5. The van der Waals surface area contributed by atoms with Crippen LogP contribution < -0.4 is 0 Å². The largest absolute Gasteiger partial charge is 0.481 e. The van der Waals surface area contributed by atoms with Crippen molar-refractivity contribution >= 4 is 29.1 Å². The van der Waals surface area contributed by atoms with Crippen LogP contribution in [0.5, 0.6) is 0 Å². The molecule has 0 aliphatic rings. The zero-order chi connectivity index (χ0) is 14.3. The summed E-state index contributed by atoms with van der Waals surface area (Å²) in [5.41, 5.74) is 1.39. The van der Waals surface area contributed by atoms with Gasteiger partial charge < -0.3 is 9.84 Å². The summed E-state index contributed by atoms with van der Waals surface area (Å²) >= 11 is 5.79. The molecule has 1 N–H and O–H groups in total. The first-order valence-electron chi connectivity index (χ1n) is 5.88. The van der Waals surface area contributed by atoms with Gasteiger partial charge >= 0.3 is 11.9 Å². The van der Waals surface area contributed by atoms with Gasteiger partial charge in [0.05, 0.1) is 6.61 Å². The maximum absolute atomic E-state index is 11.5. The number of ether oxygens (including phenoxy) is 1. The molecule has 0 aromatic heterocycles. The Morgan fingerprint density at radius 2 is 1.89 bits per heavy atom. The average Bonchev–Trinajstić information content (AvgIpc) is 2.35. The molecule has 0 aliphatic carbocycles. The topological polar surface area (TPSA) is 63.6 Å². The lowest BCUT2D eigenvalue weighted by Crippen LogP contribution is -2.02. The minimum absolute atomic E-state index is 0.0478. The van der Waals surface area contributed by atoms with Crippen molar-refractivity contribution < 1.29 is 19.4 Å². The summed E-state index contributed by atoms with van der Waals surface area (Å²) in [5.74, 6) is -1.39. The van der Waals surface area contributed by atoms with Crippen molar-refractivity contribution in [3.63, 3.8) is 0 Å². The first kappa shape index (κ1) is 15.2. The molecular weight excluding hydrogens is 268 g/mol. The first-order valence-corrected chi connectivity index (χ1v) is 6.25. The average molecular weight is 283 g/mol. The first-order chi connectivity index (χ1) is 9.02. The summed E-state index contributed by atoms with van der Waals surface area (Å²) in [6.07, 6.45) is 1.54. The van der Waals surface area contributed by atoms with Crippen LogP contribution in [0.25, 0.3) is 5.57 Å². The third-order valence-electron chi connectivity index (χ3n) is 2.40. The quantitative estimate of drug-likeness (QED) is 0.643. The van der Waals surface area contributed by atoms with Crippen LogP contribution in [0.3, 0.4) is 0 Å². The number of hydrogen-bond donors (Lipinski definition) is 1. The SMILES string of the molecule is CCOC(=O)/C=C(/CCC(=O)O)c1ccc(Cl)cc1. The van der Waals surface area contributed by atoms with Crippen LogP contribution >= 0.6 is 11.6 Å². The monoisotopic (exact) mass is 282 g/mol. The second kappa shape index (κ2) is 7.59. The van der Waals surface area contributed by atoms with Gasteiger partial charge in [-0.2, -0.15) is 0 Å². The number of hydrogen-bond acceptors (Lipinski definition) is 3. The van der Waals surface area contributed by atoms with Crippen molar-refractivity contribution in [2.45, 2.75) is 19.8 Å². The Morgan fingerprint density at radius 3 is 2.42 bits per heavy atom. The van der Waals surface area contributed by atoms with E-state index in [-0.39, 0.29) is 19.4 Å². The molecule has 0 aliphatic heterocycles. The van der Waals surface area contributed by atoms with E-state index in [0.717, 1.165) is 5.56 Å². The molecule has 1 rings (SSSR count). The molecule has 0 fully saturated rings. The van der Waals surface area contributed by atoms with Gasteiger partial charge in [-0.05, 0) is 36.6 Å². The van der Waals surface area contributed by atoms with E-state index in [2.05, 4.69) is 0 Å². The number of carbonyl (C=O) groups excluding carboxylic acids is 1. The molecule has 0 amide bonds. The smallest absolute Gasteiger partial charge is 0.331 e. The van der Waals surface area contributed by atoms with Crippen molar-refractivity contribution in [2.75, 3.05) is 6.61 Å². The molecule has 0 unspecified atom stereocenters. The summed E-state index contributed by atoms with van der Waals surface area (Å²) in [7, 11) is 0. The lowest BCUT2D eigenvalue weighted by molar-refractivity contribution is -0.138. The van der Waals surface area contributed by atoms with Gasteiger partial charge in [-0.1, -0.05) is 23.7 Å². The normalized spacial score (nSPS) is 11.2. The molecule has 4 nitrogen and oxygen atoms in total. The summed E-state index contributed by atoms with van der Waals surface area (Å²) in [5, 5.41) is 9.31. The molecule has 5 heteroatoms. The van der Waals surface area contributed by atoms with E-state index in [1.807, 2.05) is 0 Å². The number of aliphatic carboxylic acids is 1. The molecule has 1 aromatic rings. The molecule has 0 saturated heterocycles. The Bertz CT molecular complexity index is 477. The Balaban J connectivity index is 2.94. The van der Waals surface area contributed by atoms with Crippen LogP contribution in [0, 0.1) is 0 Å². The van der Waals surface area contributed by atoms with Gasteiger partial charge in [0.2, 0.25) is 0 Å². The van der Waals surface area contributed by atoms with E-state index in [4.69, 9.17) is 21.4 Å². The maximum atomic E-state index is 11.5. The van der Waals surface area contributed by atoms with Gasteiger partial charge in [0, 0.05) is 17.5 Å². The zero-order valence-corrected chi connectivity index (χ0v) is 11.3. The number of carbonyl (C=O) groups is 2. The molecule has 1 aromatic carbocycles. The van der Waals surface area contributed by atoms with Crippen LogP contribution in [0.2, 0.25) is 5.02 Å². The molecule has 0 heterocycles. The van der Waals surface area contributed by atoms with Crippen LogP contribution in [0.4, 0.5) is 0 Å². The zero-order valence-electron chi connectivity index (χ0n) is 10.6. The van der Waals surface area contributed by atoms with Crippen LogP contribution in [0.15, 0.2) is 30.3 Å². The highest BCUT2D eigenvalue weighted by Gasteiger charge is 2.08. The van der Waals surface area contributed by atoms with Crippen molar-refractivity contribution in [3.05, 3.63) is 40.9 Å². The fourth-order valence-electron chi connectivity index (χ4n) is 1.53. The Hall–Kier alpha value is -1.81. The van der Waals surface area contributed by atoms with Crippen molar-refractivity contribution in [2.24, 2.45) is 0 Å². The van der Waals surface area contributed by atoms with Gasteiger partial charge in [0.1, 0.15) is 0 Å². The second-order valence-electron chi connectivity index (χ2n) is 3.82. The predicted molar refractivity (Wildman–Crippen MR) is 72.9 cm³/mol. The van der Waals surface area contributed by atoms with Crippen molar-refractivity contribution in [1.82, 2.24) is 0 Å². The van der Waals surface area contributed by atoms with E-state index in [9.17, 15) is 9.59 Å². The summed E-state index contributed by atoms with van der Waals surface area (Å²) in [6.45, 7) is 1.99. The number of halogens is 1. The fraction of sp³-hybridized carbons (Fsp3) is 0.286. The van der Waals surface area contributed by atoms with E-state index < -0.39 is 11.9 Å². The van der Waals surface area contributed by atoms with Gasteiger partial charge in [0.25, 0.3) is 0 Å². The molecule has 19 heavy (non-hydrogen) atoms. The Morgan fingerprint density at radius 1 is 1.26 bits per heavy atom. The van der Waals surface area contributed by atoms with Gasteiger partial charge in [-0.15, -0.1) is 0 Å². The lowest BCUT2D eigenvalue weighted by atomic mass is 10.0. The van der Waals surface area contributed by atoms with E-state index in [0.29, 0.717) is 10.6 Å². The van der Waals surface area contributed by atoms with Gasteiger partial charge in [-0.3, -0.25) is 4.79 Å². The predicted octanol–water partition coefficient (Wildman–Crippen LogP) is 3.15. The van der Waals surface area contributed by atoms with Crippen molar-refractivity contribution in [1.29, 1.82) is 0 Å². The molecule has 102 valence electrons. The van der Waals surface area contributed by atoms with Gasteiger partial charge in [-0.25, -0.2) is 4.79 Å². The highest BCUT2D eigenvalue weighted by molar-refractivity contribution is 6.30. The van der Waals surface area contributed by atoms with Crippen molar-refractivity contribution in [3.8, 4) is 0 Å². The summed E-state index contributed by atoms with van der Waals surface area (Å²) in [4.78, 5) is 22.1. The molecule has 0 radical (unpaired) electrons. The minimum Gasteiger partial charge on any atom is -0.481 e. The third-order valence-corrected chi connectivity index (χ3v) is 2.65. The third kappa shape index (κ3) is 5.57. The fourth-order valence-corrected chi connectivity index (χ4v) is 1.66. The summed E-state index contributed by atoms with van der Waals surface area (Å²) in [6, 6.07) is 6.87. The number of benzene rings is 1. The van der Waals surface area contributed by atoms with Crippen LogP contribution in [-0.4, -0.2) is 23.7 Å². The molecule has 0 spiro atoms. The number of esters is 1. The van der Waals surface area contributed by atoms with Crippen LogP contribution in [0.1, 0.15) is 25.3 Å².